The summed E-state index contributed by atoms with van der Waals surface area (Å²) in [6.45, 7) is 4.05. The molecule has 152 valence electrons. The molecule has 0 bridgehead atoms. The highest BCUT2D eigenvalue weighted by Crippen LogP contribution is 2.28. The lowest BCUT2D eigenvalue weighted by Gasteiger charge is -2.25. The maximum absolute atomic E-state index is 6.14. The van der Waals surface area contributed by atoms with Crippen LogP contribution in [0.5, 0.6) is 0 Å². The third-order valence-electron chi connectivity index (χ3n) is 5.10. The summed E-state index contributed by atoms with van der Waals surface area (Å²) in [6.07, 6.45) is 0. The van der Waals surface area contributed by atoms with Crippen LogP contribution in [-0.2, 0) is 17.0 Å². The molecule has 1 aliphatic heterocycles. The highest BCUT2D eigenvalue weighted by Gasteiger charge is 2.15. The number of fused-ring (bicyclic) bond motifs is 2. The van der Waals surface area contributed by atoms with E-state index in [9.17, 15) is 0 Å². The van der Waals surface area contributed by atoms with Crippen LogP contribution >= 0.6 is 11.8 Å². The average Bonchev–Trinajstić information content (AvgIpc) is 2.78. The van der Waals surface area contributed by atoms with E-state index in [4.69, 9.17) is 20.4 Å². The van der Waals surface area contributed by atoms with Gasteiger partial charge >= 0.3 is 0 Å². The zero-order chi connectivity index (χ0) is 20.3. The summed E-state index contributed by atoms with van der Waals surface area (Å²) in [7, 11) is 0. The van der Waals surface area contributed by atoms with Crippen molar-refractivity contribution in [1.82, 2.24) is 24.8 Å². The van der Waals surface area contributed by atoms with Crippen LogP contribution in [0.1, 0.15) is 11.6 Å². The van der Waals surface area contributed by atoms with E-state index in [1.807, 2.05) is 42.5 Å². The van der Waals surface area contributed by atoms with Crippen molar-refractivity contribution in [1.29, 1.82) is 0 Å². The number of aromatic nitrogens is 4. The molecule has 1 saturated heterocycles. The molecule has 1 aliphatic rings. The van der Waals surface area contributed by atoms with Crippen LogP contribution < -0.4 is 5.73 Å². The molecule has 7 nitrogen and oxygen atoms in total. The third-order valence-corrected chi connectivity index (χ3v) is 6.09. The van der Waals surface area contributed by atoms with Crippen LogP contribution in [0.25, 0.3) is 21.8 Å². The van der Waals surface area contributed by atoms with Crippen molar-refractivity contribution in [2.75, 3.05) is 32.0 Å². The second kappa shape index (κ2) is 8.51. The zero-order valence-corrected chi connectivity index (χ0v) is 17.3. The Bertz CT molecular complexity index is 1190. The Hall–Kier alpha value is -2.81. The second-order valence-electron chi connectivity index (χ2n) is 7.18. The molecule has 1 fully saturated rings. The molecule has 0 radical (unpaired) electrons. The lowest BCUT2D eigenvalue weighted by atomic mass is 10.2. The Balaban J connectivity index is 1.43. The predicted octanol–water partition coefficient (Wildman–Crippen LogP) is 3.28. The summed E-state index contributed by atoms with van der Waals surface area (Å²) < 4.78 is 5.45. The molecule has 0 atom stereocenters. The van der Waals surface area contributed by atoms with Crippen LogP contribution in [-0.4, -0.2) is 51.1 Å². The smallest absolute Gasteiger partial charge is 0.144 e. The quantitative estimate of drug-likeness (QED) is 0.390. The molecule has 0 saturated carbocycles. The molecule has 4 aromatic rings. The molecule has 8 heteroatoms. The maximum Gasteiger partial charge on any atom is 0.144 e. The second-order valence-corrected chi connectivity index (χ2v) is 8.15. The third kappa shape index (κ3) is 4.07. The van der Waals surface area contributed by atoms with E-state index in [1.165, 1.54) is 0 Å². The molecular formula is C22H22N6OS. The highest BCUT2D eigenvalue weighted by molar-refractivity contribution is 7.98. The Morgan fingerprint density at radius 1 is 0.833 bits per heavy atom. The van der Waals surface area contributed by atoms with Gasteiger partial charge < -0.3 is 10.5 Å². The number of para-hydroxylation sites is 2. The summed E-state index contributed by atoms with van der Waals surface area (Å²) in [5, 5.41) is 2.87. The first kappa shape index (κ1) is 19.2. The van der Waals surface area contributed by atoms with E-state index in [-0.39, 0.29) is 0 Å². The average molecular weight is 419 g/mol. The van der Waals surface area contributed by atoms with Crippen molar-refractivity contribution >= 4 is 39.4 Å². The number of rotatable bonds is 5. The minimum Gasteiger partial charge on any atom is -0.383 e. The van der Waals surface area contributed by atoms with E-state index >= 15 is 0 Å². The molecule has 0 unspecified atom stereocenters. The zero-order valence-electron chi connectivity index (χ0n) is 16.5. The summed E-state index contributed by atoms with van der Waals surface area (Å²) in [5.41, 5.74) is 7.96. The van der Waals surface area contributed by atoms with Crippen molar-refractivity contribution in [2.45, 2.75) is 17.3 Å². The molecule has 5 rings (SSSR count). The summed E-state index contributed by atoms with van der Waals surface area (Å²) in [5.74, 6) is 2.63. The molecule has 2 aromatic heterocycles. The van der Waals surface area contributed by atoms with Crippen molar-refractivity contribution in [2.24, 2.45) is 0 Å². The largest absolute Gasteiger partial charge is 0.383 e. The topological polar surface area (TPSA) is 90.0 Å². The van der Waals surface area contributed by atoms with Gasteiger partial charge in [0, 0.05) is 23.9 Å². The van der Waals surface area contributed by atoms with Gasteiger partial charge in [0.05, 0.1) is 36.5 Å². The molecule has 3 heterocycles. The van der Waals surface area contributed by atoms with Gasteiger partial charge in [-0.1, -0.05) is 42.1 Å². The van der Waals surface area contributed by atoms with Crippen molar-refractivity contribution in [3.05, 3.63) is 60.2 Å². The number of nitrogens with two attached hydrogens (primary N) is 1. The van der Waals surface area contributed by atoms with E-state index < -0.39 is 0 Å². The minimum atomic E-state index is 0.511. The first-order valence-corrected chi connectivity index (χ1v) is 10.9. The number of thioether (sulfide) groups is 1. The van der Waals surface area contributed by atoms with Gasteiger partial charge in [0.1, 0.15) is 22.5 Å². The van der Waals surface area contributed by atoms with Crippen molar-refractivity contribution in [3.63, 3.8) is 0 Å². The molecule has 2 aromatic carbocycles. The summed E-state index contributed by atoms with van der Waals surface area (Å²) >= 11 is 1.62. The molecule has 0 aliphatic carbocycles. The molecular weight excluding hydrogens is 396 g/mol. The Morgan fingerprint density at radius 2 is 1.50 bits per heavy atom. The van der Waals surface area contributed by atoms with Crippen LogP contribution in [0.4, 0.5) is 5.82 Å². The Labute approximate surface area is 178 Å². The molecule has 2 N–H and O–H groups in total. The van der Waals surface area contributed by atoms with Crippen LogP contribution in [0.15, 0.2) is 53.6 Å². The fraction of sp³-hybridized carbons (Fsp3) is 0.273. The number of anilines is 1. The van der Waals surface area contributed by atoms with Crippen LogP contribution in [0.2, 0.25) is 0 Å². The number of ether oxygens (including phenoxy) is 1. The van der Waals surface area contributed by atoms with Crippen molar-refractivity contribution in [3.8, 4) is 0 Å². The van der Waals surface area contributed by atoms with Gasteiger partial charge in [-0.15, -0.1) is 0 Å². The number of benzene rings is 2. The van der Waals surface area contributed by atoms with E-state index in [0.717, 1.165) is 65.5 Å². The molecule has 30 heavy (non-hydrogen) atoms. The minimum absolute atomic E-state index is 0.511. The summed E-state index contributed by atoms with van der Waals surface area (Å²) in [4.78, 5) is 21.2. The first-order chi connectivity index (χ1) is 14.8. The Kier molecular flexibility index (Phi) is 5.44. The standard InChI is InChI=1S/C22H22N6OS/c23-21-15-5-1-3-7-17(15)25-20(26-21)14-30-22-16-6-2-4-8-18(16)24-19(27-22)13-28-9-11-29-12-10-28/h1-8H,9-14H2,(H2,23,25,26). The number of nitrogens with zero attached hydrogens (tertiary/aromatic N) is 5. The number of hydrogen-bond donors (Lipinski definition) is 1. The summed E-state index contributed by atoms with van der Waals surface area (Å²) in [6, 6.07) is 15.9. The Morgan fingerprint density at radius 3 is 2.30 bits per heavy atom. The van der Waals surface area contributed by atoms with E-state index in [2.05, 4.69) is 20.9 Å². The van der Waals surface area contributed by atoms with Crippen LogP contribution in [0, 0.1) is 0 Å². The van der Waals surface area contributed by atoms with Gasteiger partial charge in [-0.2, -0.15) is 0 Å². The predicted molar refractivity (Wildman–Crippen MR) is 119 cm³/mol. The monoisotopic (exact) mass is 418 g/mol. The van der Waals surface area contributed by atoms with Gasteiger partial charge in [0.15, 0.2) is 0 Å². The lowest BCUT2D eigenvalue weighted by molar-refractivity contribution is 0.0330. The number of nitrogen functional groups attached to an aromatic ring is 1. The van der Waals surface area contributed by atoms with Gasteiger partial charge in [-0.25, -0.2) is 19.9 Å². The van der Waals surface area contributed by atoms with Crippen LogP contribution in [0.3, 0.4) is 0 Å². The highest BCUT2D eigenvalue weighted by atomic mass is 32.2. The maximum atomic E-state index is 6.14. The van der Waals surface area contributed by atoms with Gasteiger partial charge in [0.2, 0.25) is 0 Å². The number of morpholine rings is 1. The van der Waals surface area contributed by atoms with Gasteiger partial charge in [-0.3, -0.25) is 4.90 Å². The van der Waals surface area contributed by atoms with Crippen molar-refractivity contribution < 1.29 is 4.74 Å². The normalized spacial score (nSPS) is 15.1. The fourth-order valence-electron chi connectivity index (χ4n) is 3.58. The van der Waals surface area contributed by atoms with E-state index in [1.54, 1.807) is 11.8 Å². The SMILES string of the molecule is Nc1nc(CSc2nc(CN3CCOCC3)nc3ccccc23)nc2ccccc12. The molecule has 0 spiro atoms. The fourth-order valence-corrected chi connectivity index (χ4v) is 4.47. The van der Waals surface area contributed by atoms with Gasteiger partial charge in [-0.05, 0) is 18.2 Å². The van der Waals surface area contributed by atoms with E-state index in [0.29, 0.717) is 17.4 Å². The molecule has 0 amide bonds. The first-order valence-electron chi connectivity index (χ1n) is 9.96. The van der Waals surface area contributed by atoms with Gasteiger partial charge in [0.25, 0.3) is 0 Å². The number of hydrogen-bond acceptors (Lipinski definition) is 8. The lowest BCUT2D eigenvalue weighted by Crippen LogP contribution is -2.36.